The van der Waals surface area contributed by atoms with E-state index in [9.17, 15) is 12.8 Å². The molecule has 28 heavy (non-hydrogen) atoms. The lowest BCUT2D eigenvalue weighted by Gasteiger charge is -2.10. The molecule has 1 aromatic carbocycles. The Morgan fingerprint density at radius 3 is 2.89 bits per heavy atom. The molecule has 0 aliphatic carbocycles. The molecule has 7 nitrogen and oxygen atoms in total. The van der Waals surface area contributed by atoms with E-state index in [1.807, 2.05) is 22.9 Å². The van der Waals surface area contributed by atoms with Crippen molar-refractivity contribution >= 4 is 37.7 Å². The number of thiazole rings is 1. The molecule has 0 aliphatic heterocycles. The lowest BCUT2D eigenvalue weighted by molar-refractivity contribution is 0.400. The summed E-state index contributed by atoms with van der Waals surface area (Å²) in [7, 11) is -2.58. The van der Waals surface area contributed by atoms with Crippen LogP contribution in [-0.4, -0.2) is 36.7 Å². The number of nitrogens with one attached hydrogen (secondary N) is 1. The number of nitrogens with zero attached hydrogens (tertiary/aromatic N) is 3. The molecule has 146 valence electrons. The first kappa shape index (κ1) is 19.0. The maximum absolute atomic E-state index is 13.5. The third-order valence-corrected chi connectivity index (χ3v) is 7.19. The summed E-state index contributed by atoms with van der Waals surface area (Å²) in [5.41, 5.74) is 0.837. The van der Waals surface area contributed by atoms with E-state index in [0.29, 0.717) is 12.2 Å². The van der Waals surface area contributed by atoms with Crippen LogP contribution >= 0.6 is 22.7 Å². The molecule has 0 bridgehead atoms. The van der Waals surface area contributed by atoms with E-state index in [4.69, 9.17) is 4.74 Å². The average Bonchev–Trinajstić information content (AvgIpc) is 3.39. The van der Waals surface area contributed by atoms with Crippen LogP contribution in [0.3, 0.4) is 0 Å². The van der Waals surface area contributed by atoms with Crippen LogP contribution in [0.5, 0.6) is 5.75 Å². The third kappa shape index (κ3) is 3.65. The topological polar surface area (TPSA) is 85.6 Å². The highest BCUT2D eigenvalue weighted by molar-refractivity contribution is 7.89. The van der Waals surface area contributed by atoms with Crippen LogP contribution in [0.2, 0.25) is 0 Å². The third-order valence-electron chi connectivity index (χ3n) is 3.98. The van der Waals surface area contributed by atoms with Crippen LogP contribution in [0.1, 0.15) is 5.69 Å². The molecule has 0 atom stereocenters. The van der Waals surface area contributed by atoms with Gasteiger partial charge in [-0.1, -0.05) is 6.07 Å². The predicted octanol–water partition coefficient (Wildman–Crippen LogP) is 3.19. The van der Waals surface area contributed by atoms with Gasteiger partial charge in [0.1, 0.15) is 16.5 Å². The number of methoxy groups -OCH3 is 1. The minimum atomic E-state index is -3.92. The fraction of sp³-hybridized carbons (Fsp3) is 0.176. The highest BCUT2D eigenvalue weighted by Crippen LogP contribution is 2.25. The predicted molar refractivity (Wildman–Crippen MR) is 106 cm³/mol. The Morgan fingerprint density at radius 1 is 1.29 bits per heavy atom. The van der Waals surface area contributed by atoms with Crippen LogP contribution < -0.4 is 9.46 Å². The number of fused-ring (bicyclic) bond motifs is 1. The summed E-state index contributed by atoms with van der Waals surface area (Å²) in [5, 5.41) is 8.36. The van der Waals surface area contributed by atoms with E-state index in [1.165, 1.54) is 24.5 Å². The van der Waals surface area contributed by atoms with Gasteiger partial charge < -0.3 is 4.74 Å². The SMILES string of the molecule is COc1ccc(F)cc1S(=O)(=O)NCCc1csc2nc(-c3cccs3)nn12. The van der Waals surface area contributed by atoms with E-state index in [0.717, 1.165) is 27.7 Å². The summed E-state index contributed by atoms with van der Waals surface area (Å²) in [5.74, 6) is 0.0845. The Kier molecular flexibility index (Phi) is 5.15. The van der Waals surface area contributed by atoms with Crippen LogP contribution in [-0.2, 0) is 16.4 Å². The molecule has 1 N–H and O–H groups in total. The van der Waals surface area contributed by atoms with Gasteiger partial charge in [-0.05, 0) is 29.6 Å². The fourth-order valence-corrected chi connectivity index (χ4v) is 5.38. The molecular formula is C17H15FN4O3S3. The molecule has 4 rings (SSSR count). The number of sulfonamides is 1. The van der Waals surface area contributed by atoms with E-state index in [1.54, 1.807) is 15.9 Å². The quantitative estimate of drug-likeness (QED) is 0.479. The number of halogens is 1. The second-order valence-corrected chi connectivity index (χ2v) is 9.30. The maximum Gasteiger partial charge on any atom is 0.244 e. The number of rotatable bonds is 7. The van der Waals surface area contributed by atoms with Gasteiger partial charge in [-0.15, -0.1) is 27.8 Å². The molecule has 4 aromatic rings. The smallest absolute Gasteiger partial charge is 0.244 e. The normalized spacial score (nSPS) is 11.9. The zero-order valence-corrected chi connectivity index (χ0v) is 17.1. The molecule has 0 amide bonds. The Labute approximate surface area is 168 Å². The highest BCUT2D eigenvalue weighted by Gasteiger charge is 2.20. The second kappa shape index (κ2) is 7.59. The molecule has 0 saturated carbocycles. The molecule has 3 aromatic heterocycles. The summed E-state index contributed by atoms with van der Waals surface area (Å²) >= 11 is 3.00. The minimum absolute atomic E-state index is 0.0867. The van der Waals surface area contributed by atoms with Crippen molar-refractivity contribution in [2.24, 2.45) is 0 Å². The Balaban J connectivity index is 1.50. The lowest BCUT2D eigenvalue weighted by atomic mass is 10.3. The van der Waals surface area contributed by atoms with Gasteiger partial charge in [0.15, 0.2) is 5.82 Å². The lowest BCUT2D eigenvalue weighted by Crippen LogP contribution is -2.26. The first-order valence-corrected chi connectivity index (χ1v) is 11.4. The van der Waals surface area contributed by atoms with Gasteiger partial charge in [0.25, 0.3) is 0 Å². The largest absolute Gasteiger partial charge is 0.495 e. The molecule has 0 aliphatic rings. The summed E-state index contributed by atoms with van der Waals surface area (Å²) in [4.78, 5) is 5.98. The maximum atomic E-state index is 13.5. The number of hydrogen-bond acceptors (Lipinski definition) is 7. The van der Waals surface area contributed by atoms with Crippen LogP contribution in [0.25, 0.3) is 15.7 Å². The van der Waals surface area contributed by atoms with Crippen LogP contribution in [0.4, 0.5) is 4.39 Å². The van der Waals surface area contributed by atoms with Crippen molar-refractivity contribution in [1.82, 2.24) is 19.3 Å². The van der Waals surface area contributed by atoms with Gasteiger partial charge >= 0.3 is 0 Å². The van der Waals surface area contributed by atoms with Gasteiger partial charge in [-0.2, -0.15) is 4.98 Å². The van der Waals surface area contributed by atoms with E-state index >= 15 is 0 Å². The number of benzene rings is 1. The number of hydrogen-bond donors (Lipinski definition) is 1. The number of ether oxygens (including phenoxy) is 1. The first-order valence-electron chi connectivity index (χ1n) is 8.18. The standard InChI is InChI=1S/C17H15FN4O3S3/c1-25-13-5-4-11(18)9-15(13)28(23,24)19-7-6-12-10-27-17-20-16(21-22(12)17)14-3-2-8-26-14/h2-5,8-10,19H,6-7H2,1H3. The van der Waals surface area contributed by atoms with Gasteiger partial charge in [0.05, 0.1) is 17.7 Å². The molecule has 11 heteroatoms. The molecule has 0 spiro atoms. The monoisotopic (exact) mass is 438 g/mol. The molecule has 3 heterocycles. The minimum Gasteiger partial charge on any atom is -0.495 e. The second-order valence-electron chi connectivity index (χ2n) is 5.78. The van der Waals surface area contributed by atoms with Crippen molar-refractivity contribution in [2.75, 3.05) is 13.7 Å². The van der Waals surface area contributed by atoms with Crippen LogP contribution in [0.15, 0.2) is 46.0 Å². The Morgan fingerprint density at radius 2 is 2.14 bits per heavy atom. The fourth-order valence-electron chi connectivity index (χ4n) is 2.66. The molecule has 0 fully saturated rings. The summed E-state index contributed by atoms with van der Waals surface area (Å²) in [6, 6.07) is 7.26. The molecule has 0 unspecified atom stereocenters. The first-order chi connectivity index (χ1) is 13.5. The summed E-state index contributed by atoms with van der Waals surface area (Å²) in [6.07, 6.45) is 0.407. The molecular weight excluding hydrogens is 423 g/mol. The van der Waals surface area contributed by atoms with Crippen molar-refractivity contribution in [1.29, 1.82) is 0 Å². The Bertz CT molecular complexity index is 1220. The van der Waals surface area contributed by atoms with Gasteiger partial charge in [0.2, 0.25) is 15.0 Å². The average molecular weight is 439 g/mol. The van der Waals surface area contributed by atoms with Gasteiger partial charge in [-0.25, -0.2) is 22.0 Å². The van der Waals surface area contributed by atoms with Crippen molar-refractivity contribution in [3.05, 3.63) is 52.6 Å². The molecule has 0 saturated heterocycles. The van der Waals surface area contributed by atoms with Crippen LogP contribution in [0, 0.1) is 5.82 Å². The number of aromatic nitrogens is 3. The van der Waals surface area contributed by atoms with Gasteiger partial charge in [-0.3, -0.25) is 0 Å². The van der Waals surface area contributed by atoms with Crippen molar-refractivity contribution < 1.29 is 17.5 Å². The zero-order chi connectivity index (χ0) is 19.7. The number of thiophene rings is 1. The Hall–Kier alpha value is -2.34. The highest BCUT2D eigenvalue weighted by atomic mass is 32.2. The van der Waals surface area contributed by atoms with Crippen molar-refractivity contribution in [3.8, 4) is 16.5 Å². The van der Waals surface area contributed by atoms with Gasteiger partial charge in [0, 0.05) is 18.3 Å². The van der Waals surface area contributed by atoms with E-state index < -0.39 is 15.8 Å². The van der Waals surface area contributed by atoms with E-state index in [-0.39, 0.29) is 17.2 Å². The van der Waals surface area contributed by atoms with Crippen molar-refractivity contribution in [3.63, 3.8) is 0 Å². The van der Waals surface area contributed by atoms with Crippen molar-refractivity contribution in [2.45, 2.75) is 11.3 Å². The molecule has 0 radical (unpaired) electrons. The summed E-state index contributed by atoms with van der Waals surface area (Å²) < 4.78 is 47.8. The van der Waals surface area contributed by atoms with E-state index in [2.05, 4.69) is 14.8 Å². The summed E-state index contributed by atoms with van der Waals surface area (Å²) in [6.45, 7) is 0.127. The zero-order valence-electron chi connectivity index (χ0n) is 14.6.